The van der Waals surface area contributed by atoms with Crippen molar-refractivity contribution < 1.29 is 0 Å². The number of thioether (sulfide) groups is 1. The normalized spacial score (nSPS) is 20.4. The first-order valence-electron chi connectivity index (χ1n) is 7.20. The second-order valence-corrected chi connectivity index (χ2v) is 6.75. The summed E-state index contributed by atoms with van der Waals surface area (Å²) in [6.07, 6.45) is 5.45. The number of rotatable bonds is 2. The van der Waals surface area contributed by atoms with Gasteiger partial charge in [0.05, 0.1) is 11.6 Å². The van der Waals surface area contributed by atoms with E-state index in [1.165, 1.54) is 31.4 Å². The molecular formula is C16H19N3S. The topological polar surface area (TPSA) is 48.2 Å². The zero-order valence-electron chi connectivity index (χ0n) is 11.6. The Bertz CT molecular complexity index is 553. The number of amidine groups is 1. The van der Waals surface area contributed by atoms with Crippen molar-refractivity contribution in [2.24, 2.45) is 10.4 Å². The lowest BCUT2D eigenvalue weighted by molar-refractivity contribution is 0.358. The third-order valence-electron chi connectivity index (χ3n) is 4.24. The van der Waals surface area contributed by atoms with E-state index in [1.807, 2.05) is 36.0 Å². The van der Waals surface area contributed by atoms with Crippen molar-refractivity contribution in [3.63, 3.8) is 0 Å². The lowest BCUT2D eigenvalue weighted by Crippen LogP contribution is -2.33. The summed E-state index contributed by atoms with van der Waals surface area (Å²) < 4.78 is 0. The van der Waals surface area contributed by atoms with Gasteiger partial charge in [-0.1, -0.05) is 36.7 Å². The second kappa shape index (κ2) is 5.88. The van der Waals surface area contributed by atoms with Crippen LogP contribution in [0, 0.1) is 16.7 Å². The molecule has 1 aliphatic heterocycles. The van der Waals surface area contributed by atoms with Crippen LogP contribution in [0.5, 0.6) is 0 Å². The largest absolute Gasteiger partial charge is 0.361 e. The molecule has 0 aromatic heterocycles. The van der Waals surface area contributed by atoms with E-state index >= 15 is 0 Å². The fourth-order valence-corrected chi connectivity index (χ4v) is 4.17. The van der Waals surface area contributed by atoms with Crippen LogP contribution in [-0.2, 0) is 6.54 Å². The predicted octanol–water partition coefficient (Wildman–Crippen LogP) is 3.31. The zero-order chi connectivity index (χ0) is 13.8. The average molecular weight is 285 g/mol. The van der Waals surface area contributed by atoms with Gasteiger partial charge in [-0.3, -0.25) is 4.99 Å². The first-order chi connectivity index (χ1) is 9.80. The van der Waals surface area contributed by atoms with E-state index in [1.54, 1.807) is 0 Å². The molecule has 1 spiro atoms. The van der Waals surface area contributed by atoms with Crippen molar-refractivity contribution in [2.75, 3.05) is 12.3 Å². The molecule has 1 aromatic rings. The van der Waals surface area contributed by atoms with Gasteiger partial charge in [-0.25, -0.2) is 0 Å². The fraction of sp³-hybridized carbons (Fsp3) is 0.500. The Labute approximate surface area is 124 Å². The Morgan fingerprint density at radius 1 is 1.35 bits per heavy atom. The van der Waals surface area contributed by atoms with E-state index in [0.717, 1.165) is 23.8 Å². The van der Waals surface area contributed by atoms with Gasteiger partial charge in [-0.15, -0.1) is 0 Å². The molecular weight excluding hydrogens is 266 g/mol. The van der Waals surface area contributed by atoms with Crippen molar-refractivity contribution in [3.8, 4) is 6.07 Å². The van der Waals surface area contributed by atoms with Gasteiger partial charge < -0.3 is 5.32 Å². The molecule has 104 valence electrons. The van der Waals surface area contributed by atoms with E-state index in [4.69, 9.17) is 10.3 Å². The summed E-state index contributed by atoms with van der Waals surface area (Å²) in [5, 5.41) is 13.4. The van der Waals surface area contributed by atoms with Crippen LogP contribution in [0.25, 0.3) is 0 Å². The van der Waals surface area contributed by atoms with Crippen LogP contribution in [0.2, 0.25) is 0 Å². The average Bonchev–Trinajstić information content (AvgIpc) is 2.95. The number of hydrogen-bond donors (Lipinski definition) is 1. The summed E-state index contributed by atoms with van der Waals surface area (Å²) in [6.45, 7) is 1.73. The Morgan fingerprint density at radius 2 is 2.20 bits per heavy atom. The molecule has 3 nitrogen and oxygen atoms in total. The molecule has 1 N–H and O–H groups in total. The van der Waals surface area contributed by atoms with Crippen molar-refractivity contribution in [1.82, 2.24) is 5.32 Å². The number of hydrogen-bond acceptors (Lipinski definition) is 4. The van der Waals surface area contributed by atoms with E-state index in [9.17, 15) is 0 Å². The molecule has 0 radical (unpaired) electrons. The van der Waals surface area contributed by atoms with Gasteiger partial charge in [0.1, 0.15) is 0 Å². The van der Waals surface area contributed by atoms with Crippen LogP contribution in [-0.4, -0.2) is 17.5 Å². The van der Waals surface area contributed by atoms with Gasteiger partial charge in [-0.2, -0.15) is 5.26 Å². The second-order valence-electron chi connectivity index (χ2n) is 5.78. The molecule has 0 unspecified atom stereocenters. The van der Waals surface area contributed by atoms with Crippen molar-refractivity contribution in [1.29, 1.82) is 5.26 Å². The molecule has 1 heterocycles. The van der Waals surface area contributed by atoms with Crippen LogP contribution in [0.3, 0.4) is 0 Å². The quantitative estimate of drug-likeness (QED) is 0.907. The highest BCUT2D eigenvalue weighted by Gasteiger charge is 2.36. The molecule has 2 aliphatic rings. The minimum atomic E-state index is 0.497. The highest BCUT2D eigenvalue weighted by Crippen LogP contribution is 2.43. The minimum Gasteiger partial charge on any atom is -0.361 e. The molecule has 1 aromatic carbocycles. The fourth-order valence-electron chi connectivity index (χ4n) is 3.02. The van der Waals surface area contributed by atoms with Crippen LogP contribution >= 0.6 is 11.8 Å². The van der Waals surface area contributed by atoms with Gasteiger partial charge in [0.25, 0.3) is 0 Å². The molecule has 3 rings (SSSR count). The van der Waals surface area contributed by atoms with Crippen molar-refractivity contribution >= 4 is 16.9 Å². The molecule has 1 fully saturated rings. The smallest absolute Gasteiger partial charge is 0.156 e. The molecule has 20 heavy (non-hydrogen) atoms. The Hall–Kier alpha value is -1.47. The number of nitrogens with one attached hydrogen (secondary N) is 1. The van der Waals surface area contributed by atoms with Crippen LogP contribution in [0.15, 0.2) is 29.3 Å². The Kier molecular flexibility index (Phi) is 3.98. The lowest BCUT2D eigenvalue weighted by Gasteiger charge is -2.31. The maximum Gasteiger partial charge on any atom is 0.156 e. The maximum absolute atomic E-state index is 8.90. The standard InChI is InChI=1S/C16H19N3S/c17-9-13-4-3-5-14(8-13)10-18-15-19-11-16(12-20-15)6-1-2-7-16/h3-5,8H,1-2,6-7,10-12H2,(H,18,19). The summed E-state index contributed by atoms with van der Waals surface area (Å²) in [4.78, 5) is 4.73. The SMILES string of the molecule is N#Cc1cccc(CNC2=NCC3(CCCC3)CS2)c1. The highest BCUT2D eigenvalue weighted by molar-refractivity contribution is 8.13. The Morgan fingerprint density at radius 3 is 2.90 bits per heavy atom. The highest BCUT2D eigenvalue weighted by atomic mass is 32.2. The molecule has 0 bridgehead atoms. The lowest BCUT2D eigenvalue weighted by atomic mass is 9.89. The first-order valence-corrected chi connectivity index (χ1v) is 8.18. The summed E-state index contributed by atoms with van der Waals surface area (Å²) in [5.41, 5.74) is 2.34. The minimum absolute atomic E-state index is 0.497. The summed E-state index contributed by atoms with van der Waals surface area (Å²) in [6, 6.07) is 9.91. The Balaban J connectivity index is 1.56. The molecule has 1 saturated carbocycles. The van der Waals surface area contributed by atoms with E-state index < -0.39 is 0 Å². The zero-order valence-corrected chi connectivity index (χ0v) is 12.4. The van der Waals surface area contributed by atoms with Crippen LogP contribution < -0.4 is 5.32 Å². The monoisotopic (exact) mass is 285 g/mol. The van der Waals surface area contributed by atoms with Gasteiger partial charge in [0, 0.05) is 18.8 Å². The third-order valence-corrected chi connectivity index (χ3v) is 5.54. The predicted molar refractivity (Wildman–Crippen MR) is 83.7 cm³/mol. The van der Waals surface area contributed by atoms with Crippen LogP contribution in [0.4, 0.5) is 0 Å². The van der Waals surface area contributed by atoms with Crippen molar-refractivity contribution in [2.45, 2.75) is 32.2 Å². The molecule has 4 heteroatoms. The number of aliphatic imine (C=N–C) groups is 1. The van der Waals surface area contributed by atoms with Gasteiger partial charge in [0.2, 0.25) is 0 Å². The number of nitrogens with zero attached hydrogens (tertiary/aromatic N) is 2. The summed E-state index contributed by atoms with van der Waals surface area (Å²) >= 11 is 1.86. The number of benzene rings is 1. The molecule has 0 amide bonds. The van der Waals surface area contributed by atoms with Gasteiger partial charge in [-0.05, 0) is 36.0 Å². The van der Waals surface area contributed by atoms with Gasteiger partial charge >= 0.3 is 0 Å². The molecule has 1 aliphatic carbocycles. The summed E-state index contributed by atoms with van der Waals surface area (Å²) in [7, 11) is 0. The van der Waals surface area contributed by atoms with Gasteiger partial charge in [0.15, 0.2) is 5.17 Å². The third kappa shape index (κ3) is 2.99. The van der Waals surface area contributed by atoms with E-state index in [0.29, 0.717) is 11.0 Å². The van der Waals surface area contributed by atoms with Crippen LogP contribution in [0.1, 0.15) is 36.8 Å². The maximum atomic E-state index is 8.90. The molecule has 0 atom stereocenters. The number of nitriles is 1. The first kappa shape index (κ1) is 13.5. The van der Waals surface area contributed by atoms with E-state index in [2.05, 4.69) is 11.4 Å². The molecule has 0 saturated heterocycles. The summed E-state index contributed by atoms with van der Waals surface area (Å²) in [5.74, 6) is 1.21. The van der Waals surface area contributed by atoms with E-state index in [-0.39, 0.29) is 0 Å². The van der Waals surface area contributed by atoms with Crippen molar-refractivity contribution in [3.05, 3.63) is 35.4 Å².